The third-order valence-electron chi connectivity index (χ3n) is 5.26. The van der Waals surface area contributed by atoms with E-state index in [4.69, 9.17) is 4.74 Å². The maximum Gasteiger partial charge on any atom is 0.255 e. The molecule has 1 aliphatic rings. The molecule has 1 saturated heterocycles. The van der Waals surface area contributed by atoms with Gasteiger partial charge in [0.1, 0.15) is 10.6 Å². The second-order valence-corrected chi connectivity index (χ2v) is 9.21. The molecule has 0 unspecified atom stereocenters. The van der Waals surface area contributed by atoms with E-state index in [1.807, 2.05) is 0 Å². The average Bonchev–Trinajstić information content (AvgIpc) is 3.13. The Morgan fingerprint density at radius 1 is 1.00 bits per heavy atom. The normalized spacial score (nSPS) is 14.1. The highest BCUT2D eigenvalue weighted by atomic mass is 32.2. The number of sulfonamides is 1. The van der Waals surface area contributed by atoms with Crippen molar-refractivity contribution in [1.29, 1.82) is 0 Å². The first-order valence-corrected chi connectivity index (χ1v) is 12.2. The highest BCUT2D eigenvalue weighted by Gasteiger charge is 2.30. The first-order chi connectivity index (χ1) is 15.7. The second kappa shape index (κ2) is 10.1. The molecule has 0 atom stereocenters. The van der Waals surface area contributed by atoms with Crippen LogP contribution in [-0.2, 0) is 19.6 Å². The fourth-order valence-corrected chi connectivity index (χ4v) is 5.21. The smallest absolute Gasteiger partial charge is 0.255 e. The molecule has 0 spiro atoms. The van der Waals surface area contributed by atoms with Crippen LogP contribution in [0.3, 0.4) is 0 Å². The Kier molecular flexibility index (Phi) is 7.50. The zero-order valence-corrected chi connectivity index (χ0v) is 19.6. The van der Waals surface area contributed by atoms with Gasteiger partial charge in [-0.25, -0.2) is 8.42 Å². The monoisotopic (exact) mass is 473 g/mol. The fourth-order valence-electron chi connectivity index (χ4n) is 3.59. The molecule has 3 rings (SSSR count). The van der Waals surface area contributed by atoms with Gasteiger partial charge in [0.15, 0.2) is 0 Å². The van der Waals surface area contributed by atoms with Gasteiger partial charge in [-0.05, 0) is 49.4 Å². The van der Waals surface area contributed by atoms with Crippen LogP contribution in [0.1, 0.15) is 44.0 Å². The van der Waals surface area contributed by atoms with Crippen LogP contribution < -0.4 is 15.0 Å². The molecule has 1 aliphatic heterocycles. The lowest BCUT2D eigenvalue weighted by atomic mass is 10.1. The van der Waals surface area contributed by atoms with Gasteiger partial charge >= 0.3 is 0 Å². The van der Waals surface area contributed by atoms with E-state index in [2.05, 4.69) is 5.32 Å². The Hall–Kier alpha value is -3.24. The van der Waals surface area contributed by atoms with E-state index >= 15 is 0 Å². The molecule has 0 bridgehead atoms. The molecule has 9 nitrogen and oxygen atoms in total. The number of hydrogen-bond acceptors (Lipinski definition) is 6. The zero-order valence-electron chi connectivity index (χ0n) is 18.8. The van der Waals surface area contributed by atoms with Gasteiger partial charge in [-0.2, -0.15) is 4.31 Å². The number of rotatable bonds is 9. The minimum Gasteiger partial charge on any atom is -0.492 e. The van der Waals surface area contributed by atoms with Crippen molar-refractivity contribution in [2.45, 2.75) is 38.5 Å². The predicted octanol–water partition coefficient (Wildman–Crippen LogP) is 3.02. The largest absolute Gasteiger partial charge is 0.492 e. The van der Waals surface area contributed by atoms with Crippen LogP contribution >= 0.6 is 0 Å². The second-order valence-electron chi connectivity index (χ2n) is 7.31. The number of amides is 3. The van der Waals surface area contributed by atoms with Crippen molar-refractivity contribution in [2.75, 3.05) is 29.9 Å². The third kappa shape index (κ3) is 5.07. The lowest BCUT2D eigenvalue weighted by Crippen LogP contribution is -2.31. The summed E-state index contributed by atoms with van der Waals surface area (Å²) in [6.07, 6.45) is 0.356. The summed E-state index contributed by atoms with van der Waals surface area (Å²) in [5.41, 5.74) is 0.996. The topological polar surface area (TPSA) is 113 Å². The van der Waals surface area contributed by atoms with E-state index in [-0.39, 0.29) is 35.3 Å². The highest BCUT2D eigenvalue weighted by molar-refractivity contribution is 7.89. The fraction of sp³-hybridized carbons (Fsp3) is 0.348. The van der Waals surface area contributed by atoms with E-state index in [9.17, 15) is 22.8 Å². The van der Waals surface area contributed by atoms with Gasteiger partial charge in [0, 0.05) is 37.2 Å². The highest BCUT2D eigenvalue weighted by Crippen LogP contribution is 2.30. The van der Waals surface area contributed by atoms with Crippen molar-refractivity contribution >= 4 is 39.1 Å². The molecule has 3 amide bonds. The maximum absolute atomic E-state index is 13.1. The van der Waals surface area contributed by atoms with Crippen LogP contribution in [0.15, 0.2) is 47.4 Å². The number of nitrogens with zero attached hydrogens (tertiary/aromatic N) is 2. The number of carbonyl (C=O) groups is 3. The number of benzene rings is 2. The Morgan fingerprint density at radius 3 is 2.15 bits per heavy atom. The average molecular weight is 474 g/mol. The number of carbonyl (C=O) groups excluding carboxylic acids is 3. The van der Waals surface area contributed by atoms with Crippen LogP contribution in [0, 0.1) is 0 Å². The van der Waals surface area contributed by atoms with E-state index in [0.29, 0.717) is 36.6 Å². The quantitative estimate of drug-likeness (QED) is 0.560. The molecule has 2 aromatic carbocycles. The maximum atomic E-state index is 13.1. The Bertz CT molecular complexity index is 1140. The van der Waals surface area contributed by atoms with Crippen LogP contribution in [0.5, 0.6) is 5.75 Å². The summed E-state index contributed by atoms with van der Waals surface area (Å²) in [6, 6.07) is 10.5. The molecule has 33 heavy (non-hydrogen) atoms. The van der Waals surface area contributed by atoms with Gasteiger partial charge in [0.05, 0.1) is 12.3 Å². The lowest BCUT2D eigenvalue weighted by Gasteiger charge is -2.21. The summed E-state index contributed by atoms with van der Waals surface area (Å²) < 4.78 is 33.0. The molecular formula is C23H27N3O6S. The van der Waals surface area contributed by atoms with E-state index in [1.165, 1.54) is 40.7 Å². The van der Waals surface area contributed by atoms with Gasteiger partial charge in [-0.1, -0.05) is 13.8 Å². The standard InChI is InChI=1S/C23H27N3O6S/c1-4-25(5-2)33(30,31)20-15-17(9-12-19(20)32-6-3)24-23(29)16-7-10-18(11-8-16)26-21(27)13-14-22(26)28/h7-12,15H,4-6,13-14H2,1-3H3,(H,24,29). The molecule has 2 aromatic rings. The predicted molar refractivity (Wildman–Crippen MR) is 124 cm³/mol. The van der Waals surface area contributed by atoms with Crippen molar-refractivity contribution in [3.63, 3.8) is 0 Å². The van der Waals surface area contributed by atoms with Gasteiger partial charge in [0.2, 0.25) is 21.8 Å². The van der Waals surface area contributed by atoms with Gasteiger partial charge < -0.3 is 10.1 Å². The van der Waals surface area contributed by atoms with Crippen LogP contribution in [0.4, 0.5) is 11.4 Å². The Balaban J connectivity index is 1.85. The molecule has 0 aromatic heterocycles. The first-order valence-electron chi connectivity index (χ1n) is 10.8. The summed E-state index contributed by atoms with van der Waals surface area (Å²) in [6.45, 7) is 6.15. The van der Waals surface area contributed by atoms with Crippen molar-refractivity contribution in [2.24, 2.45) is 0 Å². The number of hydrogen-bond donors (Lipinski definition) is 1. The Labute approximate surface area is 193 Å². The summed E-state index contributed by atoms with van der Waals surface area (Å²) in [5.74, 6) is -0.787. The summed E-state index contributed by atoms with van der Waals surface area (Å²) in [7, 11) is -3.81. The van der Waals surface area contributed by atoms with Crippen LogP contribution in [0.2, 0.25) is 0 Å². The summed E-state index contributed by atoms with van der Waals surface area (Å²) >= 11 is 0. The van der Waals surface area contributed by atoms with E-state index in [0.717, 1.165) is 4.90 Å². The van der Waals surface area contributed by atoms with Gasteiger partial charge in [-0.15, -0.1) is 0 Å². The van der Waals surface area contributed by atoms with Crippen molar-refractivity contribution in [3.8, 4) is 5.75 Å². The first kappa shape index (κ1) is 24.4. The van der Waals surface area contributed by atoms with Crippen LogP contribution in [0.25, 0.3) is 0 Å². The van der Waals surface area contributed by atoms with E-state index in [1.54, 1.807) is 26.8 Å². The molecule has 176 valence electrons. The van der Waals surface area contributed by atoms with Crippen molar-refractivity contribution in [1.82, 2.24) is 4.31 Å². The third-order valence-corrected chi connectivity index (χ3v) is 7.33. The van der Waals surface area contributed by atoms with Crippen molar-refractivity contribution in [3.05, 3.63) is 48.0 Å². The minimum atomic E-state index is -3.81. The molecule has 1 N–H and O–H groups in total. The summed E-state index contributed by atoms with van der Waals surface area (Å²) in [4.78, 5) is 37.6. The molecular weight excluding hydrogens is 446 g/mol. The SMILES string of the molecule is CCOc1ccc(NC(=O)c2ccc(N3C(=O)CCC3=O)cc2)cc1S(=O)(=O)N(CC)CC. The molecule has 1 heterocycles. The van der Waals surface area contributed by atoms with Gasteiger partial charge in [-0.3, -0.25) is 19.3 Å². The molecule has 0 aliphatic carbocycles. The molecule has 0 radical (unpaired) electrons. The number of nitrogens with one attached hydrogen (secondary N) is 1. The number of anilines is 2. The number of imide groups is 1. The lowest BCUT2D eigenvalue weighted by molar-refractivity contribution is -0.121. The zero-order chi connectivity index (χ0) is 24.2. The Morgan fingerprint density at radius 2 is 1.61 bits per heavy atom. The van der Waals surface area contributed by atoms with Crippen LogP contribution in [-0.4, -0.2) is 50.1 Å². The molecule has 0 saturated carbocycles. The van der Waals surface area contributed by atoms with Crippen molar-refractivity contribution < 1.29 is 27.5 Å². The minimum absolute atomic E-state index is 0.0211. The summed E-state index contributed by atoms with van der Waals surface area (Å²) in [5, 5.41) is 2.70. The molecule has 1 fully saturated rings. The number of ether oxygens (including phenoxy) is 1. The van der Waals surface area contributed by atoms with Gasteiger partial charge in [0.25, 0.3) is 5.91 Å². The van der Waals surface area contributed by atoms with E-state index < -0.39 is 15.9 Å². The molecule has 10 heteroatoms.